The molecule has 0 bridgehead atoms. The van der Waals surface area contributed by atoms with E-state index in [1.807, 2.05) is 95.9 Å². The van der Waals surface area contributed by atoms with Crippen molar-refractivity contribution in [1.29, 1.82) is 0 Å². The predicted molar refractivity (Wildman–Crippen MR) is 355 cm³/mol. The van der Waals surface area contributed by atoms with Gasteiger partial charge < -0.3 is 38.3 Å². The fraction of sp³-hybridized carbons (Fsp3) is 0.219. The molecule has 86 heavy (non-hydrogen) atoms. The van der Waals surface area contributed by atoms with Gasteiger partial charge in [-0.1, -0.05) is 247 Å². The van der Waals surface area contributed by atoms with E-state index in [4.69, 9.17) is 36.8 Å². The van der Waals surface area contributed by atoms with Crippen LogP contribution in [0, 0.1) is 0 Å². The molecule has 0 radical (unpaired) electrons. The first kappa shape index (κ1) is 60.4. The number of likely N-dealkylation sites (tertiary alicyclic amines) is 1. The summed E-state index contributed by atoms with van der Waals surface area (Å²) in [5.41, 5.74) is 9.52. The van der Waals surface area contributed by atoms with Crippen molar-refractivity contribution in [2.45, 2.75) is 52.2 Å². The van der Waals surface area contributed by atoms with Crippen molar-refractivity contribution in [3.05, 3.63) is 253 Å². The van der Waals surface area contributed by atoms with Crippen LogP contribution in [-0.2, 0) is 19.6 Å². The molecule has 11 nitrogen and oxygen atoms in total. The third-order valence-electron chi connectivity index (χ3n) is 15.4. The Hall–Kier alpha value is -8.71. The van der Waals surface area contributed by atoms with E-state index in [1.165, 1.54) is 81.4 Å². The van der Waals surface area contributed by atoms with Crippen molar-refractivity contribution in [3.8, 4) is 33.8 Å². The molecule has 12 aromatic rings. The Bertz CT molecular complexity index is 3760. The first-order chi connectivity index (χ1) is 42.5. The minimum Gasteiger partial charge on any atom is -0.395 e. The van der Waals surface area contributed by atoms with Crippen LogP contribution in [0.2, 0.25) is 0 Å². The van der Waals surface area contributed by atoms with Gasteiger partial charge in [0.15, 0.2) is 0 Å². The number of alkyl halides is 2. The number of hydrogen-bond acceptors (Lipinski definition) is 11. The SMILES string of the molecule is CCCN(Cc1cccc2ccccc12)c1cc(-c2ccccc2)no1.ClCCl.OCCN(Cc1cccc2ccccc12)c1cc(-c2ccccc2)no1.c1ccc(-c2cc(N(CCN3CCCCC3)Cc3cccc4ccccc34)on2)cc1. The minimum absolute atomic E-state index is 0.0478. The lowest BCUT2D eigenvalue weighted by Crippen LogP contribution is -2.37. The number of piperidine rings is 1. The molecule has 0 saturated carbocycles. The zero-order chi connectivity index (χ0) is 59.1. The third-order valence-corrected chi connectivity index (χ3v) is 15.4. The molecule has 0 amide bonds. The Balaban J connectivity index is 0.000000141. The van der Waals surface area contributed by atoms with Gasteiger partial charge in [-0.05, 0) is 81.4 Å². The second-order valence-corrected chi connectivity index (χ2v) is 22.0. The first-order valence-corrected chi connectivity index (χ1v) is 30.7. The van der Waals surface area contributed by atoms with E-state index in [2.05, 4.69) is 183 Å². The number of anilines is 3. The van der Waals surface area contributed by atoms with Crippen LogP contribution in [0.25, 0.3) is 66.1 Å². The quantitative estimate of drug-likeness (QED) is 0.0781. The van der Waals surface area contributed by atoms with Crippen molar-refractivity contribution in [3.63, 3.8) is 0 Å². The van der Waals surface area contributed by atoms with Crippen LogP contribution in [-0.4, -0.2) is 76.7 Å². The van der Waals surface area contributed by atoms with Crippen LogP contribution in [0.3, 0.4) is 0 Å². The van der Waals surface area contributed by atoms with Gasteiger partial charge in [-0.25, -0.2) is 0 Å². The fourth-order valence-corrected chi connectivity index (χ4v) is 11.0. The highest BCUT2D eigenvalue weighted by atomic mass is 35.5. The molecule has 13 heteroatoms. The highest BCUT2D eigenvalue weighted by Crippen LogP contribution is 2.31. The number of aliphatic hydroxyl groups is 1. The molecule has 3 aromatic heterocycles. The number of benzene rings is 9. The summed E-state index contributed by atoms with van der Waals surface area (Å²) in [6.07, 6.45) is 5.03. The average molecular weight is 1180 g/mol. The number of rotatable bonds is 19. The summed E-state index contributed by atoms with van der Waals surface area (Å²) in [4.78, 5) is 9.20. The molecule has 0 aliphatic carbocycles. The summed E-state index contributed by atoms with van der Waals surface area (Å²) >= 11 is 9.53. The average Bonchev–Trinajstić information content (AvgIpc) is 4.45. The van der Waals surface area contributed by atoms with Gasteiger partial charge in [0.25, 0.3) is 0 Å². The highest BCUT2D eigenvalue weighted by Gasteiger charge is 2.20. The van der Waals surface area contributed by atoms with Crippen molar-refractivity contribution < 1.29 is 18.7 Å². The normalized spacial score (nSPS) is 12.1. The van der Waals surface area contributed by atoms with Crippen molar-refractivity contribution in [2.75, 3.05) is 65.9 Å². The Morgan fingerprint density at radius 2 is 0.733 bits per heavy atom. The summed E-state index contributed by atoms with van der Waals surface area (Å²) < 4.78 is 17.1. The van der Waals surface area contributed by atoms with Gasteiger partial charge in [0.1, 0.15) is 17.1 Å². The zero-order valence-corrected chi connectivity index (χ0v) is 50.2. The predicted octanol–water partition coefficient (Wildman–Crippen LogP) is 17.8. The van der Waals surface area contributed by atoms with Crippen molar-refractivity contribution in [2.24, 2.45) is 0 Å². The maximum Gasteiger partial charge on any atom is 0.228 e. The molecule has 0 atom stereocenters. The molecule has 9 aromatic carbocycles. The third kappa shape index (κ3) is 16.2. The number of aliphatic hydroxyl groups excluding tert-OH is 1. The molecule has 1 N–H and O–H groups in total. The van der Waals surface area contributed by atoms with Crippen LogP contribution in [0.4, 0.5) is 17.7 Å². The maximum atomic E-state index is 9.51. The summed E-state index contributed by atoms with van der Waals surface area (Å²) in [5.74, 6) is 2.31. The minimum atomic E-state index is 0.0478. The van der Waals surface area contributed by atoms with E-state index in [0.29, 0.717) is 19.0 Å². The fourth-order valence-electron chi connectivity index (χ4n) is 11.0. The molecule has 4 heterocycles. The van der Waals surface area contributed by atoms with Crippen molar-refractivity contribution in [1.82, 2.24) is 20.4 Å². The highest BCUT2D eigenvalue weighted by molar-refractivity contribution is 6.40. The lowest BCUT2D eigenvalue weighted by atomic mass is 10.0. The van der Waals surface area contributed by atoms with Crippen molar-refractivity contribution >= 4 is 73.2 Å². The van der Waals surface area contributed by atoms with Crippen LogP contribution < -0.4 is 14.7 Å². The topological polar surface area (TPSA) is 111 Å². The van der Waals surface area contributed by atoms with Gasteiger partial charge in [0, 0.05) is 80.7 Å². The van der Waals surface area contributed by atoms with Gasteiger partial charge in [0.2, 0.25) is 17.7 Å². The number of aromatic nitrogens is 3. The molecular weight excluding hydrogens is 1110 g/mol. The molecule has 438 valence electrons. The molecule has 13 rings (SSSR count). The van der Waals surface area contributed by atoms with E-state index in [0.717, 1.165) is 84.7 Å². The monoisotopic (exact) mass is 1180 g/mol. The Morgan fingerprint density at radius 3 is 1.09 bits per heavy atom. The van der Waals surface area contributed by atoms with Gasteiger partial charge in [-0.3, -0.25) is 0 Å². The Kier molecular flexibility index (Phi) is 22.1. The standard InChI is InChI=1S/C27H29N3O.C23H22N2O.C22H20N2O2.CH2Cl2/c1-3-11-23(12-4-1)26-20-27(31-28-26)30(19-18-29-16-7-2-8-17-29)21-24-14-9-13-22-10-5-6-15-25(22)24;1-2-15-25(17-20-13-8-12-18-9-6-7-14-21(18)20)23-16-22(24-26-23)19-10-4-3-5-11-19;25-14-13-24(16-19-11-6-10-17-7-4-5-12-20(17)19)22-15-21(23-26-22)18-8-2-1-3-9-18;2-1-3/h1,3-6,9-15,20H,2,7-8,16-19,21H2;3-14,16H,2,15,17H2,1H3;1-12,15,25H,13-14,16H2;1H2. The van der Waals surface area contributed by atoms with E-state index in [-0.39, 0.29) is 11.9 Å². The van der Waals surface area contributed by atoms with Gasteiger partial charge in [0.05, 0.1) is 11.9 Å². The van der Waals surface area contributed by atoms with Gasteiger partial charge in [-0.15, -0.1) is 23.2 Å². The summed E-state index contributed by atoms with van der Waals surface area (Å²) in [5, 5.41) is 30.1. The first-order valence-electron chi connectivity index (χ1n) is 29.6. The molecule has 1 aliphatic rings. The molecular formula is C73H73Cl2N7O4. The lowest BCUT2D eigenvalue weighted by molar-refractivity contribution is 0.231. The number of halogens is 2. The van der Waals surface area contributed by atoms with E-state index in [1.54, 1.807) is 0 Å². The van der Waals surface area contributed by atoms with Gasteiger partial charge >= 0.3 is 0 Å². The molecule has 1 fully saturated rings. The van der Waals surface area contributed by atoms with E-state index < -0.39 is 0 Å². The molecule has 1 aliphatic heterocycles. The second kappa shape index (κ2) is 31.4. The lowest BCUT2D eigenvalue weighted by Gasteiger charge is -2.30. The largest absolute Gasteiger partial charge is 0.395 e. The summed E-state index contributed by atoms with van der Waals surface area (Å²) in [6.45, 7) is 10.3. The maximum absolute atomic E-state index is 9.51. The molecule has 0 unspecified atom stereocenters. The van der Waals surface area contributed by atoms with E-state index >= 15 is 0 Å². The summed E-state index contributed by atoms with van der Waals surface area (Å²) in [6, 6.07) is 81.1. The van der Waals surface area contributed by atoms with Gasteiger partial charge in [-0.2, -0.15) is 0 Å². The second-order valence-electron chi connectivity index (χ2n) is 21.2. The zero-order valence-electron chi connectivity index (χ0n) is 48.7. The smallest absolute Gasteiger partial charge is 0.228 e. The Morgan fingerprint density at radius 1 is 0.407 bits per heavy atom. The molecule has 1 saturated heterocycles. The number of fused-ring (bicyclic) bond motifs is 3. The van der Waals surface area contributed by atoms with Crippen LogP contribution in [0.5, 0.6) is 0 Å². The van der Waals surface area contributed by atoms with Crippen LogP contribution in [0.15, 0.2) is 250 Å². The molecule has 0 spiro atoms. The number of hydrogen-bond donors (Lipinski definition) is 1. The number of nitrogens with zero attached hydrogens (tertiary/aromatic N) is 7. The van der Waals surface area contributed by atoms with Crippen LogP contribution in [0.1, 0.15) is 49.3 Å². The van der Waals surface area contributed by atoms with E-state index in [9.17, 15) is 5.11 Å². The van der Waals surface area contributed by atoms with Crippen LogP contribution >= 0.6 is 23.2 Å². The summed E-state index contributed by atoms with van der Waals surface area (Å²) in [7, 11) is 0. The Labute approximate surface area is 514 Å².